The monoisotopic (exact) mass is 604 g/mol. The van der Waals surface area contributed by atoms with E-state index in [1.807, 2.05) is 49.1 Å². The van der Waals surface area contributed by atoms with E-state index in [0.717, 1.165) is 39.0 Å². The third kappa shape index (κ3) is 9.71. The minimum absolute atomic E-state index is 0. The third-order valence-electron chi connectivity index (χ3n) is 7.27. The maximum Gasteiger partial charge on any atom is 0.167 e. The first-order valence-electron chi connectivity index (χ1n) is 14.0. The SMILES string of the molecule is OC1CCN(c2ccc(C=Cc3cc[nH+]cc3)cc2)C1.OC1CCN(c2ccc(C=Cc3cc[nH+]cc3)cc2)C1.[Cl-].[Cl-]. The summed E-state index contributed by atoms with van der Waals surface area (Å²) in [7, 11) is 0. The number of anilines is 2. The number of halogens is 2. The van der Waals surface area contributed by atoms with Gasteiger partial charge in [0.2, 0.25) is 0 Å². The van der Waals surface area contributed by atoms with Crippen molar-refractivity contribution in [2.45, 2.75) is 25.0 Å². The van der Waals surface area contributed by atoms with E-state index in [-0.39, 0.29) is 37.0 Å². The molecule has 2 aromatic heterocycles. The van der Waals surface area contributed by atoms with Gasteiger partial charge in [0.15, 0.2) is 24.8 Å². The summed E-state index contributed by atoms with van der Waals surface area (Å²) in [6, 6.07) is 25.1. The third-order valence-corrected chi connectivity index (χ3v) is 7.27. The largest absolute Gasteiger partial charge is 1.00 e. The van der Waals surface area contributed by atoms with Crippen LogP contribution in [0.5, 0.6) is 0 Å². The molecule has 8 heteroatoms. The lowest BCUT2D eigenvalue weighted by atomic mass is 10.1. The van der Waals surface area contributed by atoms with Crippen LogP contribution in [-0.2, 0) is 0 Å². The van der Waals surface area contributed by atoms with Crippen molar-refractivity contribution in [1.29, 1.82) is 0 Å². The fourth-order valence-corrected chi connectivity index (χ4v) is 4.95. The molecule has 2 fully saturated rings. The number of benzene rings is 2. The normalized spacial score (nSPS) is 18.0. The van der Waals surface area contributed by atoms with E-state index in [1.165, 1.54) is 33.6 Å². The van der Waals surface area contributed by atoms with Crippen molar-refractivity contribution >= 4 is 35.7 Å². The number of aromatic nitrogens is 2. The zero-order valence-corrected chi connectivity index (χ0v) is 25.0. The van der Waals surface area contributed by atoms with Gasteiger partial charge >= 0.3 is 0 Å². The lowest BCUT2D eigenvalue weighted by molar-refractivity contribution is -0.378. The van der Waals surface area contributed by atoms with Gasteiger partial charge in [0, 0.05) is 61.8 Å². The fraction of sp³-hybridized carbons (Fsp3) is 0.235. The Bertz CT molecular complexity index is 1280. The summed E-state index contributed by atoms with van der Waals surface area (Å²) in [4.78, 5) is 10.5. The van der Waals surface area contributed by atoms with Crippen LogP contribution in [-0.4, -0.2) is 48.6 Å². The van der Waals surface area contributed by atoms with Gasteiger partial charge < -0.3 is 44.8 Å². The second-order valence-corrected chi connectivity index (χ2v) is 10.3. The molecular formula is C34H38Cl2N4O2. The number of hydrogen-bond acceptors (Lipinski definition) is 4. The average molecular weight is 606 g/mol. The van der Waals surface area contributed by atoms with Gasteiger partial charge in [-0.25, -0.2) is 9.97 Å². The first-order chi connectivity index (χ1) is 19.6. The van der Waals surface area contributed by atoms with E-state index in [4.69, 9.17) is 0 Å². The van der Waals surface area contributed by atoms with Gasteiger partial charge in [-0.05, 0) is 59.4 Å². The van der Waals surface area contributed by atoms with Crippen LogP contribution in [0.25, 0.3) is 24.3 Å². The van der Waals surface area contributed by atoms with Crippen LogP contribution in [0, 0.1) is 0 Å². The van der Waals surface area contributed by atoms with E-state index >= 15 is 0 Å². The maximum absolute atomic E-state index is 9.57. The van der Waals surface area contributed by atoms with Crippen LogP contribution < -0.4 is 44.6 Å². The molecule has 0 aliphatic carbocycles. The Morgan fingerprint density at radius 3 is 1.10 bits per heavy atom. The lowest BCUT2D eigenvalue weighted by Gasteiger charge is -2.17. The number of aliphatic hydroxyl groups is 2. The average Bonchev–Trinajstić information content (AvgIpc) is 3.65. The zero-order chi connectivity index (χ0) is 27.6. The molecule has 0 radical (unpaired) electrons. The second kappa shape index (κ2) is 16.7. The standard InChI is InChI=1S/2C17H18N2O.2ClH/c2*20-17-9-12-19(13-17)16-5-3-14(4-6-16)1-2-15-7-10-18-11-8-15;;/h2*1-8,10-11,17,20H,9,12-13H2;2*1H. The summed E-state index contributed by atoms with van der Waals surface area (Å²) >= 11 is 0. The molecule has 4 N–H and O–H groups in total. The number of nitrogens with zero attached hydrogens (tertiary/aromatic N) is 2. The highest BCUT2D eigenvalue weighted by atomic mass is 35.5. The van der Waals surface area contributed by atoms with Gasteiger partial charge in [0.05, 0.1) is 12.2 Å². The van der Waals surface area contributed by atoms with Crippen molar-refractivity contribution in [2.24, 2.45) is 0 Å². The Labute approximate surface area is 260 Å². The van der Waals surface area contributed by atoms with Crippen molar-refractivity contribution in [2.75, 3.05) is 36.0 Å². The highest BCUT2D eigenvalue weighted by Gasteiger charge is 2.20. The summed E-state index contributed by atoms with van der Waals surface area (Å²) in [5, 5.41) is 19.1. The van der Waals surface area contributed by atoms with Gasteiger partial charge in [0.1, 0.15) is 0 Å². The molecule has 42 heavy (non-hydrogen) atoms. The Balaban J connectivity index is 0.000000220. The Morgan fingerprint density at radius 2 is 0.810 bits per heavy atom. The lowest BCUT2D eigenvalue weighted by Crippen LogP contribution is -3.00. The van der Waals surface area contributed by atoms with Crippen LogP contribution in [0.1, 0.15) is 35.1 Å². The number of H-pyrrole nitrogens is 2. The number of rotatable bonds is 6. The Morgan fingerprint density at radius 1 is 0.500 bits per heavy atom. The Hall–Kier alpha value is -3.68. The molecule has 2 atom stereocenters. The van der Waals surface area contributed by atoms with Gasteiger partial charge in [-0.2, -0.15) is 0 Å². The molecule has 0 spiro atoms. The first kappa shape index (κ1) is 32.8. The molecule has 4 aromatic rings. The molecule has 2 aliphatic rings. The molecule has 2 aliphatic heterocycles. The number of aromatic amines is 2. The predicted molar refractivity (Wildman–Crippen MR) is 162 cm³/mol. The molecule has 0 amide bonds. The van der Waals surface area contributed by atoms with Crippen LogP contribution in [0.15, 0.2) is 97.6 Å². The van der Waals surface area contributed by atoms with E-state index < -0.39 is 0 Å². The number of aliphatic hydroxyl groups excluding tert-OH is 2. The molecule has 2 unspecified atom stereocenters. The second-order valence-electron chi connectivity index (χ2n) is 10.3. The highest BCUT2D eigenvalue weighted by molar-refractivity contribution is 5.71. The molecule has 6 nitrogen and oxygen atoms in total. The number of pyridine rings is 2. The summed E-state index contributed by atoms with van der Waals surface area (Å²) in [6.45, 7) is 3.37. The molecule has 220 valence electrons. The topological polar surface area (TPSA) is 75.2 Å². The van der Waals surface area contributed by atoms with E-state index in [9.17, 15) is 10.2 Å². The highest BCUT2D eigenvalue weighted by Crippen LogP contribution is 2.22. The summed E-state index contributed by atoms with van der Waals surface area (Å²) in [5.41, 5.74) is 7.09. The van der Waals surface area contributed by atoms with Crippen molar-refractivity contribution in [1.82, 2.24) is 0 Å². The van der Waals surface area contributed by atoms with Gasteiger partial charge in [-0.1, -0.05) is 48.6 Å². The predicted octanol–water partition coefficient (Wildman–Crippen LogP) is -1.51. The van der Waals surface area contributed by atoms with Crippen LogP contribution in [0.2, 0.25) is 0 Å². The van der Waals surface area contributed by atoms with Crippen LogP contribution >= 0.6 is 0 Å². The quantitative estimate of drug-likeness (QED) is 0.281. The number of hydrogen-bond donors (Lipinski definition) is 2. The molecule has 4 heterocycles. The van der Waals surface area contributed by atoms with Crippen LogP contribution in [0.4, 0.5) is 11.4 Å². The van der Waals surface area contributed by atoms with Gasteiger partial charge in [-0.3, -0.25) is 0 Å². The van der Waals surface area contributed by atoms with E-state index in [0.29, 0.717) is 0 Å². The molecule has 6 rings (SSSR count). The molecule has 2 aromatic carbocycles. The van der Waals surface area contributed by atoms with Crippen molar-refractivity contribution in [3.8, 4) is 0 Å². The number of nitrogens with one attached hydrogen (secondary N) is 2. The molecule has 0 bridgehead atoms. The van der Waals surface area contributed by atoms with Gasteiger partial charge in [0.25, 0.3) is 0 Å². The van der Waals surface area contributed by atoms with Gasteiger partial charge in [-0.15, -0.1) is 0 Å². The van der Waals surface area contributed by atoms with Crippen molar-refractivity contribution < 1.29 is 45.0 Å². The first-order valence-corrected chi connectivity index (χ1v) is 14.0. The Kier molecular flexibility index (Phi) is 13.0. The minimum Gasteiger partial charge on any atom is -1.00 e. The summed E-state index contributed by atoms with van der Waals surface area (Å²) < 4.78 is 0. The minimum atomic E-state index is -0.176. The smallest absolute Gasteiger partial charge is 0.167 e. The zero-order valence-electron chi connectivity index (χ0n) is 23.5. The summed E-state index contributed by atoms with van der Waals surface area (Å²) in [6.07, 6.45) is 17.5. The van der Waals surface area contributed by atoms with Crippen molar-refractivity contribution in [3.05, 3.63) is 120 Å². The molecular weight excluding hydrogens is 567 g/mol. The summed E-state index contributed by atoms with van der Waals surface area (Å²) in [5.74, 6) is 0. The maximum atomic E-state index is 9.57. The molecule has 0 saturated carbocycles. The number of β-amino-alcohol motifs (C(OH)–C–C–N with tert-alkyl or cyclic N) is 2. The van der Waals surface area contributed by atoms with Crippen LogP contribution in [0.3, 0.4) is 0 Å². The fourth-order valence-electron chi connectivity index (χ4n) is 4.95. The molecule has 2 saturated heterocycles. The van der Waals surface area contributed by atoms with Crippen molar-refractivity contribution in [3.63, 3.8) is 0 Å². The van der Waals surface area contributed by atoms with E-state index in [2.05, 4.69) is 92.6 Å². The van der Waals surface area contributed by atoms with E-state index in [1.54, 1.807) is 0 Å².